The summed E-state index contributed by atoms with van der Waals surface area (Å²) in [5.41, 5.74) is 0.877. The summed E-state index contributed by atoms with van der Waals surface area (Å²) in [6.45, 7) is 3.45. The first-order chi connectivity index (χ1) is 14.4. The molecule has 0 unspecified atom stereocenters. The van der Waals surface area contributed by atoms with Crippen molar-refractivity contribution in [3.05, 3.63) is 53.1 Å². The highest BCUT2D eigenvalue weighted by Gasteiger charge is 2.26. The molecule has 1 heterocycles. The predicted molar refractivity (Wildman–Crippen MR) is 115 cm³/mol. The van der Waals surface area contributed by atoms with Crippen LogP contribution in [0.2, 0.25) is 5.02 Å². The van der Waals surface area contributed by atoms with Crippen LogP contribution in [0.4, 0.5) is 0 Å². The highest BCUT2D eigenvalue weighted by atomic mass is 35.5. The fourth-order valence-corrected chi connectivity index (χ4v) is 4.69. The molecule has 0 aliphatic carbocycles. The third-order valence-electron chi connectivity index (χ3n) is 4.72. The van der Waals surface area contributed by atoms with Gasteiger partial charge in [-0.2, -0.15) is 4.31 Å². The van der Waals surface area contributed by atoms with Crippen LogP contribution in [-0.4, -0.2) is 51.5 Å². The SMILES string of the molecule is Cc1cc(OCC(=O)NCCOc2ccc(S(=O)(=O)N3CCCC3)cc2)ccc1Cl. The minimum atomic E-state index is -3.43. The van der Waals surface area contributed by atoms with Gasteiger partial charge in [-0.1, -0.05) is 11.6 Å². The molecule has 2 aromatic carbocycles. The van der Waals surface area contributed by atoms with E-state index in [0.717, 1.165) is 18.4 Å². The second kappa shape index (κ2) is 10.1. The van der Waals surface area contributed by atoms with Crippen LogP contribution in [0.1, 0.15) is 18.4 Å². The van der Waals surface area contributed by atoms with Crippen LogP contribution < -0.4 is 14.8 Å². The van der Waals surface area contributed by atoms with Gasteiger partial charge in [-0.25, -0.2) is 8.42 Å². The molecule has 0 radical (unpaired) electrons. The molecule has 1 saturated heterocycles. The first-order valence-electron chi connectivity index (χ1n) is 9.75. The number of benzene rings is 2. The average Bonchev–Trinajstić information content (AvgIpc) is 3.28. The summed E-state index contributed by atoms with van der Waals surface area (Å²) in [6.07, 6.45) is 1.80. The van der Waals surface area contributed by atoms with E-state index in [1.165, 1.54) is 4.31 Å². The van der Waals surface area contributed by atoms with Gasteiger partial charge in [0.15, 0.2) is 6.61 Å². The van der Waals surface area contributed by atoms with E-state index in [0.29, 0.717) is 36.2 Å². The third-order valence-corrected chi connectivity index (χ3v) is 7.06. The Bertz CT molecular complexity index is 973. The van der Waals surface area contributed by atoms with Crippen molar-refractivity contribution in [3.63, 3.8) is 0 Å². The van der Waals surface area contributed by atoms with Gasteiger partial charge in [-0.3, -0.25) is 4.79 Å². The molecule has 1 amide bonds. The fourth-order valence-electron chi connectivity index (χ4n) is 3.05. The predicted octanol–water partition coefficient (Wildman–Crippen LogP) is 3.01. The molecule has 1 fully saturated rings. The Morgan fingerprint density at radius 1 is 1.07 bits per heavy atom. The van der Waals surface area contributed by atoms with Crippen molar-refractivity contribution in [3.8, 4) is 11.5 Å². The lowest BCUT2D eigenvalue weighted by atomic mass is 10.2. The maximum Gasteiger partial charge on any atom is 0.258 e. The number of carbonyl (C=O) groups is 1. The van der Waals surface area contributed by atoms with Crippen molar-refractivity contribution in [2.24, 2.45) is 0 Å². The van der Waals surface area contributed by atoms with Gasteiger partial charge in [0.2, 0.25) is 10.0 Å². The minimum Gasteiger partial charge on any atom is -0.492 e. The van der Waals surface area contributed by atoms with E-state index in [9.17, 15) is 13.2 Å². The van der Waals surface area contributed by atoms with Gasteiger partial charge in [0, 0.05) is 18.1 Å². The van der Waals surface area contributed by atoms with Crippen LogP contribution >= 0.6 is 11.6 Å². The van der Waals surface area contributed by atoms with Gasteiger partial charge in [-0.15, -0.1) is 0 Å². The first-order valence-corrected chi connectivity index (χ1v) is 11.6. The van der Waals surface area contributed by atoms with E-state index in [2.05, 4.69) is 5.32 Å². The standard InChI is InChI=1S/C21H25ClN2O5S/c1-16-14-18(6-9-20(16)22)29-15-21(25)23-10-13-28-17-4-7-19(8-5-17)30(26,27)24-11-2-3-12-24/h4-9,14H,2-3,10-13,15H2,1H3,(H,23,25). The number of ether oxygens (including phenoxy) is 2. The Morgan fingerprint density at radius 3 is 2.40 bits per heavy atom. The number of halogens is 1. The Labute approximate surface area is 182 Å². The van der Waals surface area contributed by atoms with E-state index in [1.807, 2.05) is 6.92 Å². The van der Waals surface area contributed by atoms with Crippen LogP contribution in [0.15, 0.2) is 47.4 Å². The number of nitrogens with one attached hydrogen (secondary N) is 1. The molecule has 30 heavy (non-hydrogen) atoms. The maximum absolute atomic E-state index is 12.5. The molecule has 3 rings (SSSR count). The molecule has 0 bridgehead atoms. The van der Waals surface area contributed by atoms with Crippen molar-refractivity contribution >= 4 is 27.5 Å². The van der Waals surface area contributed by atoms with Gasteiger partial charge in [0.25, 0.3) is 5.91 Å². The number of nitrogens with zero attached hydrogens (tertiary/aromatic N) is 1. The zero-order valence-corrected chi connectivity index (χ0v) is 18.3. The van der Waals surface area contributed by atoms with Crippen LogP contribution in [0.3, 0.4) is 0 Å². The average molecular weight is 453 g/mol. The largest absolute Gasteiger partial charge is 0.492 e. The number of hydrogen-bond donors (Lipinski definition) is 1. The summed E-state index contributed by atoms with van der Waals surface area (Å²) in [6, 6.07) is 11.5. The summed E-state index contributed by atoms with van der Waals surface area (Å²) in [4.78, 5) is 12.1. The molecular weight excluding hydrogens is 428 g/mol. The third kappa shape index (κ3) is 5.87. The van der Waals surface area contributed by atoms with Gasteiger partial charge >= 0.3 is 0 Å². The Hall–Kier alpha value is -2.29. The van der Waals surface area contributed by atoms with E-state index in [-0.39, 0.29) is 24.0 Å². The number of sulfonamides is 1. The number of hydrogen-bond acceptors (Lipinski definition) is 5. The van der Waals surface area contributed by atoms with Gasteiger partial charge in [-0.05, 0) is 67.8 Å². The minimum absolute atomic E-state index is 0.107. The molecule has 1 N–H and O–H groups in total. The van der Waals surface area contributed by atoms with Crippen LogP contribution in [0.5, 0.6) is 11.5 Å². The van der Waals surface area contributed by atoms with Gasteiger partial charge in [0.05, 0.1) is 11.4 Å². The van der Waals surface area contributed by atoms with Crippen molar-refractivity contribution in [1.29, 1.82) is 0 Å². The van der Waals surface area contributed by atoms with Crippen LogP contribution in [0, 0.1) is 6.92 Å². The lowest BCUT2D eigenvalue weighted by molar-refractivity contribution is -0.123. The smallest absolute Gasteiger partial charge is 0.258 e. The monoisotopic (exact) mass is 452 g/mol. The molecule has 0 saturated carbocycles. The molecule has 0 spiro atoms. The Morgan fingerprint density at radius 2 is 1.73 bits per heavy atom. The highest BCUT2D eigenvalue weighted by molar-refractivity contribution is 7.89. The second-order valence-electron chi connectivity index (χ2n) is 6.98. The molecule has 9 heteroatoms. The molecule has 0 atom stereocenters. The van der Waals surface area contributed by atoms with Gasteiger partial charge < -0.3 is 14.8 Å². The topological polar surface area (TPSA) is 84.9 Å². The molecule has 0 aromatic heterocycles. The van der Waals surface area contributed by atoms with Crippen molar-refractivity contribution in [2.45, 2.75) is 24.7 Å². The second-order valence-corrected chi connectivity index (χ2v) is 9.33. The van der Waals surface area contributed by atoms with E-state index in [4.69, 9.17) is 21.1 Å². The molecule has 1 aliphatic rings. The molecule has 2 aromatic rings. The molecular formula is C21H25ClN2O5S. The number of carbonyl (C=O) groups excluding carboxylic acids is 1. The van der Waals surface area contributed by atoms with Crippen LogP contribution in [-0.2, 0) is 14.8 Å². The quantitative estimate of drug-likeness (QED) is 0.591. The summed E-state index contributed by atoms with van der Waals surface area (Å²) in [7, 11) is -3.43. The van der Waals surface area contributed by atoms with E-state index in [1.54, 1.807) is 42.5 Å². The fraction of sp³-hybridized carbons (Fsp3) is 0.381. The molecule has 7 nitrogen and oxygen atoms in total. The number of aryl methyl sites for hydroxylation is 1. The van der Waals surface area contributed by atoms with Gasteiger partial charge in [0.1, 0.15) is 18.1 Å². The number of amides is 1. The van der Waals surface area contributed by atoms with Crippen molar-refractivity contribution < 1.29 is 22.7 Å². The Kier molecular flexibility index (Phi) is 7.58. The molecule has 1 aliphatic heterocycles. The van der Waals surface area contributed by atoms with E-state index >= 15 is 0 Å². The highest BCUT2D eigenvalue weighted by Crippen LogP contribution is 2.23. The lowest BCUT2D eigenvalue weighted by Crippen LogP contribution is -2.32. The summed E-state index contributed by atoms with van der Waals surface area (Å²) >= 11 is 5.96. The van der Waals surface area contributed by atoms with Crippen molar-refractivity contribution in [2.75, 3.05) is 32.8 Å². The molecule has 162 valence electrons. The van der Waals surface area contributed by atoms with Crippen LogP contribution in [0.25, 0.3) is 0 Å². The summed E-state index contributed by atoms with van der Waals surface area (Å²) in [5, 5.41) is 3.35. The normalized spacial score (nSPS) is 14.5. The van der Waals surface area contributed by atoms with Crippen molar-refractivity contribution in [1.82, 2.24) is 9.62 Å². The zero-order chi connectivity index (χ0) is 21.6. The Balaban J connectivity index is 1.38. The summed E-state index contributed by atoms with van der Waals surface area (Å²) < 4.78 is 37.5. The zero-order valence-electron chi connectivity index (χ0n) is 16.8. The lowest BCUT2D eigenvalue weighted by Gasteiger charge is -2.15. The van der Waals surface area contributed by atoms with E-state index < -0.39 is 10.0 Å². The maximum atomic E-state index is 12.5. The number of rotatable bonds is 9. The summed E-state index contributed by atoms with van der Waals surface area (Å²) in [5.74, 6) is 0.850. The first kappa shape index (κ1) is 22.4.